The van der Waals surface area contributed by atoms with Crippen LogP contribution in [0.2, 0.25) is 5.02 Å². The molecule has 1 aromatic rings. The van der Waals surface area contributed by atoms with Crippen molar-refractivity contribution in [1.29, 1.82) is 5.26 Å². The van der Waals surface area contributed by atoms with Crippen molar-refractivity contribution in [3.05, 3.63) is 28.8 Å². The molecular weight excluding hydrogens is 364 g/mol. The van der Waals surface area contributed by atoms with Crippen LogP contribution in [0.4, 0.5) is 0 Å². The molecule has 0 unspecified atom stereocenters. The lowest BCUT2D eigenvalue weighted by Gasteiger charge is -2.21. The van der Waals surface area contributed by atoms with Gasteiger partial charge in [-0.2, -0.15) is 9.57 Å². The monoisotopic (exact) mass is 384 g/mol. The lowest BCUT2D eigenvalue weighted by atomic mass is 10.2. The first-order chi connectivity index (χ1) is 12.0. The highest BCUT2D eigenvalue weighted by atomic mass is 35.5. The normalized spacial score (nSPS) is 16.0. The number of nitrogens with zero attached hydrogens (tertiary/aromatic N) is 2. The van der Waals surface area contributed by atoms with E-state index in [1.165, 1.54) is 22.5 Å². The maximum absolute atomic E-state index is 12.9. The van der Waals surface area contributed by atoms with Crippen molar-refractivity contribution in [2.45, 2.75) is 43.4 Å². The van der Waals surface area contributed by atoms with E-state index < -0.39 is 16.0 Å². The Hall–Kier alpha value is -1.62. The summed E-state index contributed by atoms with van der Waals surface area (Å²) >= 11 is 6.10. The number of unbranched alkanes of at least 4 members (excludes halogenated alkanes) is 1. The first kappa shape index (κ1) is 19.7. The van der Waals surface area contributed by atoms with Gasteiger partial charge in [-0.3, -0.25) is 0 Å². The van der Waals surface area contributed by atoms with Crippen molar-refractivity contribution in [2.75, 3.05) is 19.7 Å². The minimum atomic E-state index is -3.75. The molecule has 0 bridgehead atoms. The number of ether oxygens (including phenoxy) is 1. The minimum Gasteiger partial charge on any atom is -0.462 e. The Kier molecular flexibility index (Phi) is 7.24. The molecule has 1 aromatic carbocycles. The largest absolute Gasteiger partial charge is 0.462 e. The summed E-state index contributed by atoms with van der Waals surface area (Å²) in [5.74, 6) is -0.623. The van der Waals surface area contributed by atoms with Crippen LogP contribution in [0.15, 0.2) is 23.1 Å². The predicted octanol–water partition coefficient (Wildman–Crippen LogP) is 3.37. The zero-order valence-corrected chi connectivity index (χ0v) is 15.5. The second-order valence-electron chi connectivity index (χ2n) is 5.86. The number of nitriles is 1. The molecule has 0 amide bonds. The van der Waals surface area contributed by atoms with Gasteiger partial charge in [0.15, 0.2) is 0 Å². The van der Waals surface area contributed by atoms with Crippen LogP contribution in [0.5, 0.6) is 0 Å². The van der Waals surface area contributed by atoms with Gasteiger partial charge in [-0.25, -0.2) is 13.2 Å². The smallest absolute Gasteiger partial charge is 0.338 e. The molecule has 8 heteroatoms. The Bertz CT molecular complexity index is 750. The Morgan fingerprint density at radius 1 is 1.24 bits per heavy atom. The zero-order valence-electron chi connectivity index (χ0n) is 13.9. The van der Waals surface area contributed by atoms with Crippen LogP contribution in [0, 0.1) is 11.3 Å². The fourth-order valence-electron chi connectivity index (χ4n) is 2.65. The van der Waals surface area contributed by atoms with Crippen LogP contribution in [0.1, 0.15) is 48.9 Å². The maximum Gasteiger partial charge on any atom is 0.338 e. The minimum absolute atomic E-state index is 0.0671. The van der Waals surface area contributed by atoms with E-state index in [9.17, 15) is 13.2 Å². The van der Waals surface area contributed by atoms with Crippen LogP contribution in [-0.4, -0.2) is 38.4 Å². The summed E-state index contributed by atoms with van der Waals surface area (Å²) in [5, 5.41) is 8.56. The molecule has 1 heterocycles. The van der Waals surface area contributed by atoms with E-state index in [1.54, 1.807) is 0 Å². The summed E-state index contributed by atoms with van der Waals surface area (Å²) < 4.78 is 32.3. The molecule has 0 radical (unpaired) electrons. The van der Waals surface area contributed by atoms with Crippen LogP contribution in [0.3, 0.4) is 0 Å². The number of hydrogen-bond acceptors (Lipinski definition) is 5. The van der Waals surface area contributed by atoms with Crippen LogP contribution in [-0.2, 0) is 14.8 Å². The molecule has 1 aliphatic heterocycles. The number of benzene rings is 1. The topological polar surface area (TPSA) is 87.5 Å². The summed E-state index contributed by atoms with van der Waals surface area (Å²) in [6.45, 7) is 1.03. The highest BCUT2D eigenvalue weighted by Crippen LogP contribution is 2.28. The van der Waals surface area contributed by atoms with Gasteiger partial charge in [-0.1, -0.05) is 24.4 Å². The average Bonchev–Trinajstić information content (AvgIpc) is 2.88. The number of halogens is 1. The van der Waals surface area contributed by atoms with Crippen LogP contribution in [0.25, 0.3) is 0 Å². The number of rotatable bonds is 6. The van der Waals surface area contributed by atoms with Crippen molar-refractivity contribution in [1.82, 2.24) is 4.31 Å². The quantitative estimate of drug-likeness (QED) is 0.554. The molecule has 1 fully saturated rings. The molecule has 6 nitrogen and oxygen atoms in total. The standard InChI is InChI=1S/C17H21ClN2O4S/c18-15-8-7-14(17(21)24-12-6-3-9-19)13-16(15)25(22,23)20-10-4-1-2-5-11-20/h7-8,13H,1-6,10-12H2. The third-order valence-corrected chi connectivity index (χ3v) is 6.40. The van der Waals surface area contributed by atoms with Gasteiger partial charge >= 0.3 is 5.97 Å². The maximum atomic E-state index is 12.9. The van der Waals surface area contributed by atoms with Crippen molar-refractivity contribution >= 4 is 27.6 Å². The van der Waals surface area contributed by atoms with E-state index in [0.717, 1.165) is 25.7 Å². The summed E-state index contributed by atoms with van der Waals surface area (Å²) in [7, 11) is -3.75. The molecule has 0 N–H and O–H groups in total. The summed E-state index contributed by atoms with van der Waals surface area (Å²) in [6.07, 6.45) is 4.38. The summed E-state index contributed by atoms with van der Waals surface area (Å²) in [4.78, 5) is 12.0. The van der Waals surface area contributed by atoms with E-state index >= 15 is 0 Å². The number of sulfonamides is 1. The van der Waals surface area contributed by atoms with Gasteiger partial charge in [0.1, 0.15) is 4.90 Å². The highest BCUT2D eigenvalue weighted by molar-refractivity contribution is 7.89. The highest BCUT2D eigenvalue weighted by Gasteiger charge is 2.28. The molecule has 0 atom stereocenters. The lowest BCUT2D eigenvalue weighted by Crippen LogP contribution is -2.32. The Labute approximate surface area is 153 Å². The molecule has 0 aromatic heterocycles. The van der Waals surface area contributed by atoms with E-state index in [4.69, 9.17) is 21.6 Å². The Morgan fingerprint density at radius 2 is 1.92 bits per heavy atom. The van der Waals surface area contributed by atoms with Crippen molar-refractivity contribution in [3.8, 4) is 6.07 Å². The fraction of sp³-hybridized carbons (Fsp3) is 0.529. The molecule has 1 aliphatic rings. The molecule has 0 aliphatic carbocycles. The van der Waals surface area contributed by atoms with Gasteiger partial charge in [-0.05, 0) is 37.5 Å². The van der Waals surface area contributed by atoms with Crippen LogP contribution >= 0.6 is 11.6 Å². The number of esters is 1. The molecule has 2 rings (SSSR count). The van der Waals surface area contributed by atoms with Gasteiger partial charge in [-0.15, -0.1) is 0 Å². The number of carbonyl (C=O) groups excluding carboxylic acids is 1. The molecule has 0 spiro atoms. The SMILES string of the molecule is N#CCCCOC(=O)c1ccc(Cl)c(S(=O)(=O)N2CCCCCC2)c1. The molecule has 25 heavy (non-hydrogen) atoms. The van der Waals surface area contributed by atoms with Gasteiger partial charge in [0.25, 0.3) is 0 Å². The summed E-state index contributed by atoms with van der Waals surface area (Å²) in [6, 6.07) is 6.08. The van der Waals surface area contributed by atoms with Crippen LogP contribution < -0.4 is 0 Å². The lowest BCUT2D eigenvalue weighted by molar-refractivity contribution is 0.0501. The first-order valence-corrected chi connectivity index (χ1v) is 10.1. The second-order valence-corrected chi connectivity index (χ2v) is 8.17. The van der Waals surface area contributed by atoms with E-state index in [2.05, 4.69) is 0 Å². The molecular formula is C17H21ClN2O4S. The summed E-state index contributed by atoms with van der Waals surface area (Å²) in [5.41, 5.74) is 0.134. The van der Waals surface area contributed by atoms with Crippen molar-refractivity contribution in [3.63, 3.8) is 0 Å². The predicted molar refractivity (Wildman–Crippen MR) is 93.8 cm³/mol. The fourth-order valence-corrected chi connectivity index (χ4v) is 4.67. The Balaban J connectivity index is 2.20. The van der Waals surface area contributed by atoms with Gasteiger partial charge in [0, 0.05) is 19.5 Å². The Morgan fingerprint density at radius 3 is 2.56 bits per heavy atom. The van der Waals surface area contributed by atoms with Crippen molar-refractivity contribution < 1.29 is 17.9 Å². The van der Waals surface area contributed by atoms with Gasteiger partial charge in [0.05, 0.1) is 23.3 Å². The van der Waals surface area contributed by atoms with Gasteiger partial charge in [0.2, 0.25) is 10.0 Å². The molecule has 0 saturated carbocycles. The van der Waals surface area contributed by atoms with E-state index in [0.29, 0.717) is 25.9 Å². The average molecular weight is 385 g/mol. The van der Waals surface area contributed by atoms with Gasteiger partial charge < -0.3 is 4.74 Å². The zero-order chi connectivity index (χ0) is 18.3. The third kappa shape index (κ3) is 5.18. The number of carbonyl (C=O) groups is 1. The van der Waals surface area contributed by atoms with E-state index in [-0.39, 0.29) is 22.1 Å². The molecule has 1 saturated heterocycles. The molecule has 136 valence electrons. The number of hydrogen-bond donors (Lipinski definition) is 0. The van der Waals surface area contributed by atoms with Crippen molar-refractivity contribution in [2.24, 2.45) is 0 Å². The van der Waals surface area contributed by atoms with E-state index in [1.807, 2.05) is 6.07 Å². The first-order valence-electron chi connectivity index (χ1n) is 8.30. The third-order valence-electron chi connectivity index (χ3n) is 4.02. The second kappa shape index (κ2) is 9.18.